The van der Waals surface area contributed by atoms with Crippen molar-refractivity contribution in [3.05, 3.63) is 52.1 Å². The molecule has 3 rings (SSSR count). The standard InChI is InChI=1S/C18H19N5O2S2/c1-22(2)17(25)12-5-3-6-13(11-12)19-15(24)8-9-23-16(20-21-18(23)26)14-7-4-10-27-14/h3-7,10-11H,8-9H2,1-2H3,(H,19,24)(H,21,26). The lowest BCUT2D eigenvalue weighted by atomic mass is 10.2. The second-order valence-electron chi connectivity index (χ2n) is 6.06. The summed E-state index contributed by atoms with van der Waals surface area (Å²) < 4.78 is 2.29. The number of thiophene rings is 1. The molecule has 1 aromatic carbocycles. The summed E-state index contributed by atoms with van der Waals surface area (Å²) in [4.78, 5) is 26.9. The fourth-order valence-electron chi connectivity index (χ4n) is 2.54. The zero-order chi connectivity index (χ0) is 19.4. The summed E-state index contributed by atoms with van der Waals surface area (Å²) in [7, 11) is 3.38. The molecule has 0 aliphatic rings. The van der Waals surface area contributed by atoms with Gasteiger partial charge >= 0.3 is 0 Å². The zero-order valence-electron chi connectivity index (χ0n) is 14.9. The Kier molecular flexibility index (Phi) is 5.82. The number of benzene rings is 1. The molecule has 0 unspecified atom stereocenters. The van der Waals surface area contributed by atoms with Crippen molar-refractivity contribution in [2.75, 3.05) is 19.4 Å². The molecule has 0 fully saturated rings. The lowest BCUT2D eigenvalue weighted by Crippen LogP contribution is -2.22. The first-order valence-corrected chi connectivity index (χ1v) is 9.55. The van der Waals surface area contributed by atoms with E-state index < -0.39 is 0 Å². The van der Waals surface area contributed by atoms with E-state index >= 15 is 0 Å². The smallest absolute Gasteiger partial charge is 0.253 e. The van der Waals surface area contributed by atoms with Crippen LogP contribution in [0.15, 0.2) is 41.8 Å². The lowest BCUT2D eigenvalue weighted by molar-refractivity contribution is -0.116. The van der Waals surface area contributed by atoms with Crippen molar-refractivity contribution >= 4 is 41.1 Å². The van der Waals surface area contributed by atoms with E-state index in [1.807, 2.05) is 22.1 Å². The first-order chi connectivity index (χ1) is 13.0. The highest BCUT2D eigenvalue weighted by atomic mass is 32.1. The van der Waals surface area contributed by atoms with E-state index in [0.717, 1.165) is 10.7 Å². The molecule has 2 aromatic heterocycles. The Morgan fingerprint density at radius 2 is 2.11 bits per heavy atom. The summed E-state index contributed by atoms with van der Waals surface area (Å²) in [5.74, 6) is 0.447. The largest absolute Gasteiger partial charge is 0.345 e. The van der Waals surface area contributed by atoms with Crippen molar-refractivity contribution in [3.8, 4) is 10.7 Å². The number of hydrogen-bond acceptors (Lipinski definition) is 5. The number of carbonyl (C=O) groups is 2. The third kappa shape index (κ3) is 4.50. The van der Waals surface area contributed by atoms with Crippen molar-refractivity contribution in [1.29, 1.82) is 0 Å². The van der Waals surface area contributed by atoms with E-state index in [2.05, 4.69) is 15.5 Å². The second kappa shape index (κ2) is 8.28. The highest BCUT2D eigenvalue weighted by Crippen LogP contribution is 2.23. The summed E-state index contributed by atoms with van der Waals surface area (Å²) in [6.07, 6.45) is 0.234. The van der Waals surface area contributed by atoms with Crippen LogP contribution in [-0.4, -0.2) is 45.6 Å². The molecule has 2 amide bonds. The highest BCUT2D eigenvalue weighted by Gasteiger charge is 2.13. The van der Waals surface area contributed by atoms with E-state index in [4.69, 9.17) is 12.2 Å². The van der Waals surface area contributed by atoms with Crippen LogP contribution in [0.1, 0.15) is 16.8 Å². The van der Waals surface area contributed by atoms with Crippen LogP contribution in [-0.2, 0) is 11.3 Å². The van der Waals surface area contributed by atoms with Crippen molar-refractivity contribution in [1.82, 2.24) is 19.7 Å². The quantitative estimate of drug-likeness (QED) is 0.620. The maximum atomic E-state index is 12.3. The topological polar surface area (TPSA) is 83.0 Å². The molecule has 140 valence electrons. The van der Waals surface area contributed by atoms with Gasteiger partial charge in [-0.25, -0.2) is 0 Å². The maximum Gasteiger partial charge on any atom is 0.253 e. The highest BCUT2D eigenvalue weighted by molar-refractivity contribution is 7.71. The fraction of sp³-hybridized carbons (Fsp3) is 0.222. The van der Waals surface area contributed by atoms with Gasteiger partial charge in [-0.3, -0.25) is 19.3 Å². The van der Waals surface area contributed by atoms with E-state index in [-0.39, 0.29) is 18.2 Å². The minimum atomic E-state index is -0.162. The van der Waals surface area contributed by atoms with E-state index in [0.29, 0.717) is 22.6 Å². The molecule has 9 heteroatoms. The molecule has 2 heterocycles. The van der Waals surface area contributed by atoms with Gasteiger partial charge in [0, 0.05) is 38.3 Å². The van der Waals surface area contributed by atoms with Crippen LogP contribution in [0.4, 0.5) is 5.69 Å². The summed E-state index contributed by atoms with van der Waals surface area (Å²) >= 11 is 6.84. The van der Waals surface area contributed by atoms with Crippen LogP contribution in [0.25, 0.3) is 10.7 Å². The Morgan fingerprint density at radius 1 is 1.30 bits per heavy atom. The summed E-state index contributed by atoms with van der Waals surface area (Å²) in [5.41, 5.74) is 1.11. The third-order valence-corrected chi connectivity index (χ3v) is 5.04. The number of aromatic amines is 1. The van der Waals surface area contributed by atoms with Gasteiger partial charge in [-0.15, -0.1) is 11.3 Å². The molecule has 0 radical (unpaired) electrons. The van der Waals surface area contributed by atoms with Crippen LogP contribution in [0, 0.1) is 4.77 Å². The van der Waals surface area contributed by atoms with Gasteiger partial charge in [0.2, 0.25) is 5.91 Å². The van der Waals surface area contributed by atoms with Crippen LogP contribution in [0.2, 0.25) is 0 Å². The number of nitrogens with zero attached hydrogens (tertiary/aromatic N) is 3. The van der Waals surface area contributed by atoms with Crippen LogP contribution >= 0.6 is 23.6 Å². The summed E-state index contributed by atoms with van der Waals surface area (Å²) in [6.45, 7) is 0.407. The number of carbonyl (C=O) groups excluding carboxylic acids is 2. The van der Waals surface area contributed by atoms with Crippen molar-refractivity contribution in [2.45, 2.75) is 13.0 Å². The Morgan fingerprint density at radius 3 is 2.81 bits per heavy atom. The maximum absolute atomic E-state index is 12.3. The molecule has 0 saturated carbocycles. The molecule has 3 aromatic rings. The average molecular weight is 402 g/mol. The van der Waals surface area contributed by atoms with Crippen LogP contribution in [0.3, 0.4) is 0 Å². The molecule has 0 saturated heterocycles. The lowest BCUT2D eigenvalue weighted by Gasteiger charge is -2.12. The Balaban J connectivity index is 1.66. The predicted octanol–water partition coefficient (Wildman–Crippen LogP) is 3.40. The van der Waals surface area contributed by atoms with Gasteiger partial charge in [-0.05, 0) is 41.9 Å². The first kappa shape index (κ1) is 19.0. The minimum absolute atomic E-state index is 0.114. The number of aromatic nitrogens is 3. The minimum Gasteiger partial charge on any atom is -0.345 e. The van der Waals surface area contributed by atoms with Crippen molar-refractivity contribution < 1.29 is 9.59 Å². The molecule has 7 nitrogen and oxygen atoms in total. The normalized spacial score (nSPS) is 10.6. The van der Waals surface area contributed by atoms with E-state index in [1.165, 1.54) is 4.90 Å². The number of H-pyrrole nitrogens is 1. The van der Waals surface area contributed by atoms with Gasteiger partial charge < -0.3 is 10.2 Å². The van der Waals surface area contributed by atoms with Crippen LogP contribution in [0.5, 0.6) is 0 Å². The van der Waals surface area contributed by atoms with Crippen molar-refractivity contribution in [3.63, 3.8) is 0 Å². The van der Waals surface area contributed by atoms with Crippen LogP contribution < -0.4 is 5.32 Å². The molecular weight excluding hydrogens is 382 g/mol. The molecule has 27 heavy (non-hydrogen) atoms. The first-order valence-electron chi connectivity index (χ1n) is 8.26. The molecule has 0 aliphatic carbocycles. The predicted molar refractivity (Wildman–Crippen MR) is 108 cm³/mol. The van der Waals surface area contributed by atoms with E-state index in [9.17, 15) is 9.59 Å². The van der Waals surface area contributed by atoms with E-state index in [1.54, 1.807) is 49.7 Å². The number of amides is 2. The average Bonchev–Trinajstić information content (AvgIpc) is 3.29. The molecule has 0 bridgehead atoms. The van der Waals surface area contributed by atoms with Crippen molar-refractivity contribution in [2.24, 2.45) is 0 Å². The van der Waals surface area contributed by atoms with Gasteiger partial charge in [-0.2, -0.15) is 5.10 Å². The molecule has 2 N–H and O–H groups in total. The zero-order valence-corrected chi connectivity index (χ0v) is 16.6. The number of hydrogen-bond donors (Lipinski definition) is 2. The molecular formula is C18H19N5O2S2. The summed E-state index contributed by atoms with van der Waals surface area (Å²) in [5, 5.41) is 11.8. The Hall–Kier alpha value is -2.78. The van der Waals surface area contributed by atoms with Gasteiger partial charge in [0.05, 0.1) is 4.88 Å². The number of anilines is 1. The second-order valence-corrected chi connectivity index (χ2v) is 7.39. The Labute approximate surface area is 165 Å². The number of rotatable bonds is 6. The monoisotopic (exact) mass is 401 g/mol. The summed E-state index contributed by atoms with van der Waals surface area (Å²) in [6, 6.07) is 10.8. The Bertz CT molecular complexity index is 1000. The third-order valence-electron chi connectivity index (χ3n) is 3.86. The van der Waals surface area contributed by atoms with Gasteiger partial charge in [-0.1, -0.05) is 12.1 Å². The van der Waals surface area contributed by atoms with Gasteiger partial charge in [0.25, 0.3) is 5.91 Å². The molecule has 0 spiro atoms. The SMILES string of the molecule is CN(C)C(=O)c1cccc(NC(=O)CCn2c(-c3cccs3)n[nH]c2=S)c1. The number of nitrogens with one attached hydrogen (secondary N) is 2. The molecule has 0 atom stereocenters. The fourth-order valence-corrected chi connectivity index (χ4v) is 3.49. The molecule has 0 aliphatic heterocycles. The van der Waals surface area contributed by atoms with Gasteiger partial charge in [0.15, 0.2) is 10.6 Å². The van der Waals surface area contributed by atoms with Gasteiger partial charge in [0.1, 0.15) is 0 Å².